The first-order valence-electron chi connectivity index (χ1n) is 8.60. The second-order valence-electron chi connectivity index (χ2n) is 6.61. The maximum atomic E-state index is 5.38. The Morgan fingerprint density at radius 2 is 1.76 bits per heavy atom. The molecule has 128 valence electrons. The predicted molar refractivity (Wildman–Crippen MR) is 105 cm³/mol. The lowest BCUT2D eigenvalue weighted by atomic mass is 10.0. The summed E-state index contributed by atoms with van der Waals surface area (Å²) in [7, 11) is 3.87. The van der Waals surface area contributed by atoms with Crippen molar-refractivity contribution in [2.75, 3.05) is 19.1 Å². The molecule has 1 atom stereocenters. The number of anilines is 1. The molecule has 25 heavy (non-hydrogen) atoms. The van der Waals surface area contributed by atoms with Crippen molar-refractivity contribution in [2.24, 2.45) is 0 Å². The Kier molecular flexibility index (Phi) is 3.88. The van der Waals surface area contributed by atoms with E-state index in [4.69, 9.17) is 4.74 Å². The van der Waals surface area contributed by atoms with E-state index in [2.05, 4.69) is 77.6 Å². The molecule has 4 rings (SSSR count). The van der Waals surface area contributed by atoms with Crippen LogP contribution in [0.5, 0.6) is 5.75 Å². The van der Waals surface area contributed by atoms with Gasteiger partial charge in [0.05, 0.1) is 12.8 Å². The zero-order valence-corrected chi connectivity index (χ0v) is 14.8. The van der Waals surface area contributed by atoms with Crippen molar-refractivity contribution in [1.82, 2.24) is 9.97 Å². The minimum absolute atomic E-state index is 0.365. The Balaban J connectivity index is 1.62. The van der Waals surface area contributed by atoms with Gasteiger partial charge in [0.1, 0.15) is 5.75 Å². The van der Waals surface area contributed by atoms with Crippen LogP contribution in [-0.2, 0) is 6.42 Å². The number of rotatable bonds is 5. The van der Waals surface area contributed by atoms with E-state index in [1.807, 2.05) is 6.07 Å². The summed E-state index contributed by atoms with van der Waals surface area (Å²) in [6.07, 6.45) is 5.17. The number of hydrogen-bond acceptors (Lipinski definition) is 2. The number of nitrogens with zero attached hydrogens (tertiary/aromatic N) is 1. The van der Waals surface area contributed by atoms with Gasteiger partial charge in [-0.2, -0.15) is 0 Å². The summed E-state index contributed by atoms with van der Waals surface area (Å²) in [6.45, 7) is 2.26. The van der Waals surface area contributed by atoms with Gasteiger partial charge in [0.2, 0.25) is 0 Å². The Morgan fingerprint density at radius 3 is 2.60 bits per heavy atom. The summed E-state index contributed by atoms with van der Waals surface area (Å²) in [5.41, 5.74) is 4.87. The van der Waals surface area contributed by atoms with E-state index in [1.54, 1.807) is 7.11 Å². The molecule has 4 nitrogen and oxygen atoms in total. The molecule has 2 aromatic heterocycles. The zero-order valence-electron chi connectivity index (χ0n) is 14.8. The third-order valence-corrected chi connectivity index (χ3v) is 5.10. The van der Waals surface area contributed by atoms with Gasteiger partial charge in [-0.25, -0.2) is 0 Å². The van der Waals surface area contributed by atoms with Gasteiger partial charge in [0.25, 0.3) is 0 Å². The first-order chi connectivity index (χ1) is 12.2. The SMILES string of the molecule is COc1ccc2[nH]cc(CC(C)N(C)c3c[nH]c4ccccc34)c2c1. The van der Waals surface area contributed by atoms with Crippen LogP contribution in [0.1, 0.15) is 12.5 Å². The van der Waals surface area contributed by atoms with Crippen molar-refractivity contribution < 1.29 is 4.74 Å². The smallest absolute Gasteiger partial charge is 0.119 e. The number of para-hydroxylation sites is 1. The number of aromatic nitrogens is 2. The maximum Gasteiger partial charge on any atom is 0.119 e. The van der Waals surface area contributed by atoms with Crippen LogP contribution in [0.4, 0.5) is 5.69 Å². The van der Waals surface area contributed by atoms with Crippen LogP contribution < -0.4 is 9.64 Å². The summed E-state index contributed by atoms with van der Waals surface area (Å²) in [5.74, 6) is 0.894. The van der Waals surface area contributed by atoms with Crippen LogP contribution in [-0.4, -0.2) is 30.2 Å². The molecule has 4 aromatic rings. The third-order valence-electron chi connectivity index (χ3n) is 5.10. The van der Waals surface area contributed by atoms with Gasteiger partial charge in [-0.3, -0.25) is 0 Å². The standard InChI is InChI=1S/C21H23N3O/c1-14(24(2)21-13-23-19-7-5-4-6-17(19)21)10-15-12-22-20-9-8-16(25-3)11-18(15)20/h4-9,11-14,22-23H,10H2,1-3H3. The Morgan fingerprint density at radius 1 is 1.00 bits per heavy atom. The minimum atomic E-state index is 0.365. The summed E-state index contributed by atoms with van der Waals surface area (Å²) >= 11 is 0. The van der Waals surface area contributed by atoms with Crippen molar-refractivity contribution in [3.05, 3.63) is 60.4 Å². The molecule has 0 aliphatic heterocycles. The van der Waals surface area contributed by atoms with E-state index in [9.17, 15) is 0 Å². The summed E-state index contributed by atoms with van der Waals surface area (Å²) in [4.78, 5) is 9.08. The lowest BCUT2D eigenvalue weighted by Crippen LogP contribution is -2.30. The van der Waals surface area contributed by atoms with Crippen molar-refractivity contribution >= 4 is 27.5 Å². The fraction of sp³-hybridized carbons (Fsp3) is 0.238. The molecule has 2 heterocycles. The van der Waals surface area contributed by atoms with Crippen LogP contribution in [0, 0.1) is 0 Å². The van der Waals surface area contributed by atoms with Crippen molar-refractivity contribution in [3.63, 3.8) is 0 Å². The molecule has 1 unspecified atom stereocenters. The summed E-state index contributed by atoms with van der Waals surface area (Å²) in [5, 5.41) is 2.50. The predicted octanol–water partition coefficient (Wildman–Crippen LogP) is 4.73. The average molecular weight is 333 g/mol. The number of methoxy groups -OCH3 is 1. The highest BCUT2D eigenvalue weighted by Crippen LogP contribution is 2.29. The molecular weight excluding hydrogens is 310 g/mol. The van der Waals surface area contributed by atoms with Gasteiger partial charge in [-0.05, 0) is 43.2 Å². The molecule has 0 bridgehead atoms. The molecule has 0 aliphatic carbocycles. The van der Waals surface area contributed by atoms with Gasteiger partial charge in [-0.15, -0.1) is 0 Å². The van der Waals surface area contributed by atoms with E-state index >= 15 is 0 Å². The Bertz CT molecular complexity index is 1010. The van der Waals surface area contributed by atoms with Crippen LogP contribution in [0.15, 0.2) is 54.9 Å². The molecule has 2 aromatic carbocycles. The molecule has 0 radical (unpaired) electrons. The number of H-pyrrole nitrogens is 2. The minimum Gasteiger partial charge on any atom is -0.497 e. The Hall–Kier alpha value is -2.88. The van der Waals surface area contributed by atoms with Gasteiger partial charge in [0, 0.05) is 47.3 Å². The van der Waals surface area contributed by atoms with E-state index in [1.165, 1.54) is 27.5 Å². The van der Waals surface area contributed by atoms with E-state index < -0.39 is 0 Å². The topological polar surface area (TPSA) is 44.0 Å². The molecule has 4 heteroatoms. The number of likely N-dealkylation sites (N-methyl/N-ethyl adjacent to an activating group) is 1. The molecule has 2 N–H and O–H groups in total. The molecule has 0 fully saturated rings. The highest BCUT2D eigenvalue weighted by molar-refractivity contribution is 5.93. The normalized spacial score (nSPS) is 12.6. The van der Waals surface area contributed by atoms with Gasteiger partial charge in [-0.1, -0.05) is 18.2 Å². The first kappa shape index (κ1) is 15.6. The average Bonchev–Trinajstić information content (AvgIpc) is 3.25. The largest absolute Gasteiger partial charge is 0.497 e. The van der Waals surface area contributed by atoms with Gasteiger partial charge < -0.3 is 19.6 Å². The number of fused-ring (bicyclic) bond motifs is 2. The number of benzene rings is 2. The van der Waals surface area contributed by atoms with Crippen LogP contribution in [0.25, 0.3) is 21.8 Å². The molecule has 0 saturated heterocycles. The van der Waals surface area contributed by atoms with E-state index in [0.717, 1.165) is 17.7 Å². The quantitative estimate of drug-likeness (QED) is 0.555. The lowest BCUT2D eigenvalue weighted by Gasteiger charge is -2.26. The summed E-state index contributed by atoms with van der Waals surface area (Å²) < 4.78 is 5.38. The van der Waals surface area contributed by atoms with Gasteiger partial charge in [0.15, 0.2) is 0 Å². The number of aromatic amines is 2. The lowest BCUT2D eigenvalue weighted by molar-refractivity contribution is 0.415. The van der Waals surface area contributed by atoms with Crippen LogP contribution >= 0.6 is 0 Å². The van der Waals surface area contributed by atoms with Crippen molar-refractivity contribution in [3.8, 4) is 5.75 Å². The summed E-state index contributed by atoms with van der Waals surface area (Å²) in [6, 6.07) is 15.0. The fourth-order valence-electron chi connectivity index (χ4n) is 3.49. The number of ether oxygens (including phenoxy) is 1. The van der Waals surface area contributed by atoms with Gasteiger partial charge >= 0.3 is 0 Å². The number of nitrogens with one attached hydrogen (secondary N) is 2. The molecule has 0 amide bonds. The van der Waals surface area contributed by atoms with Crippen molar-refractivity contribution in [1.29, 1.82) is 0 Å². The monoisotopic (exact) mass is 333 g/mol. The van der Waals surface area contributed by atoms with E-state index in [0.29, 0.717) is 6.04 Å². The molecular formula is C21H23N3O. The van der Waals surface area contributed by atoms with Crippen LogP contribution in [0.3, 0.4) is 0 Å². The molecule has 0 saturated carbocycles. The molecule has 0 aliphatic rings. The fourth-order valence-corrected chi connectivity index (χ4v) is 3.49. The first-order valence-corrected chi connectivity index (χ1v) is 8.60. The third kappa shape index (κ3) is 2.74. The van der Waals surface area contributed by atoms with Crippen LogP contribution in [0.2, 0.25) is 0 Å². The highest BCUT2D eigenvalue weighted by Gasteiger charge is 2.16. The zero-order chi connectivity index (χ0) is 17.4. The number of hydrogen-bond donors (Lipinski definition) is 2. The second kappa shape index (κ2) is 6.20. The molecule has 0 spiro atoms. The highest BCUT2D eigenvalue weighted by atomic mass is 16.5. The maximum absolute atomic E-state index is 5.38. The second-order valence-corrected chi connectivity index (χ2v) is 6.61. The Labute approximate surface area is 147 Å². The van der Waals surface area contributed by atoms with Crippen molar-refractivity contribution in [2.45, 2.75) is 19.4 Å². The van der Waals surface area contributed by atoms with E-state index in [-0.39, 0.29) is 0 Å².